The van der Waals surface area contributed by atoms with E-state index in [1.807, 2.05) is 36.4 Å². The molecule has 2 amide bonds. The molecular weight excluding hydrogens is 406 g/mol. The minimum atomic E-state index is -0.404. The molecule has 1 aromatic heterocycles. The maximum atomic E-state index is 12.3. The van der Waals surface area contributed by atoms with Crippen LogP contribution in [0.25, 0.3) is 6.08 Å². The van der Waals surface area contributed by atoms with Gasteiger partial charge in [-0.15, -0.1) is 5.10 Å². The monoisotopic (exact) mass is 423 g/mol. The molecular formula is C21H18ClN5O3. The Labute approximate surface area is 177 Å². The van der Waals surface area contributed by atoms with Crippen molar-refractivity contribution in [1.82, 2.24) is 14.8 Å². The van der Waals surface area contributed by atoms with E-state index >= 15 is 0 Å². The zero-order valence-electron chi connectivity index (χ0n) is 16.0. The first-order chi connectivity index (χ1) is 14.5. The minimum absolute atomic E-state index is 0.0980. The van der Waals surface area contributed by atoms with Crippen LogP contribution in [0.5, 0.6) is 5.75 Å². The van der Waals surface area contributed by atoms with Gasteiger partial charge in [0.05, 0.1) is 19.6 Å². The van der Waals surface area contributed by atoms with Crippen LogP contribution in [0.2, 0.25) is 5.02 Å². The van der Waals surface area contributed by atoms with Crippen LogP contribution in [0.4, 0.5) is 11.9 Å². The topological polar surface area (TPSA) is 98.1 Å². The van der Waals surface area contributed by atoms with Gasteiger partial charge in [-0.2, -0.15) is 4.98 Å². The Hall–Kier alpha value is -3.65. The molecule has 8 nitrogen and oxygen atoms in total. The second kappa shape index (κ2) is 8.38. The third-order valence-corrected chi connectivity index (χ3v) is 4.85. The normalized spacial score (nSPS) is 15.5. The zero-order chi connectivity index (χ0) is 21.1. The number of nitrogens with one attached hydrogen (secondary N) is 2. The van der Waals surface area contributed by atoms with Crippen molar-refractivity contribution in [3.63, 3.8) is 0 Å². The quantitative estimate of drug-likeness (QED) is 0.612. The Morgan fingerprint density at radius 3 is 2.80 bits per heavy atom. The largest absolute Gasteiger partial charge is 0.496 e. The van der Waals surface area contributed by atoms with E-state index in [0.717, 1.165) is 11.1 Å². The van der Waals surface area contributed by atoms with E-state index in [1.165, 1.54) is 6.08 Å². The van der Waals surface area contributed by atoms with Crippen molar-refractivity contribution in [2.75, 3.05) is 17.7 Å². The first kappa shape index (κ1) is 19.7. The van der Waals surface area contributed by atoms with Crippen LogP contribution in [0.3, 0.4) is 0 Å². The fourth-order valence-electron chi connectivity index (χ4n) is 3.18. The summed E-state index contributed by atoms with van der Waals surface area (Å²) in [4.78, 5) is 28.6. The minimum Gasteiger partial charge on any atom is -0.496 e. The predicted octanol–water partition coefficient (Wildman–Crippen LogP) is 3.52. The maximum absolute atomic E-state index is 12.3. The van der Waals surface area contributed by atoms with Gasteiger partial charge in [-0.3, -0.25) is 20.2 Å². The number of rotatable bonds is 5. The number of ether oxygens (including phenoxy) is 1. The summed E-state index contributed by atoms with van der Waals surface area (Å²) in [5.74, 6) is 0.448. The lowest BCUT2D eigenvalue weighted by molar-refractivity contribution is -0.117. The molecule has 9 heteroatoms. The van der Waals surface area contributed by atoms with Crippen LogP contribution in [-0.4, -0.2) is 33.7 Å². The van der Waals surface area contributed by atoms with Gasteiger partial charge in [0.1, 0.15) is 5.75 Å². The number of hydrogen-bond acceptors (Lipinski definition) is 5. The highest BCUT2D eigenvalue weighted by Crippen LogP contribution is 2.30. The van der Waals surface area contributed by atoms with Crippen LogP contribution in [0.1, 0.15) is 23.6 Å². The molecule has 1 aliphatic heterocycles. The Morgan fingerprint density at radius 1 is 1.27 bits per heavy atom. The molecule has 4 rings (SSSR count). The molecule has 0 saturated heterocycles. The highest BCUT2D eigenvalue weighted by Gasteiger charge is 2.29. The Bertz CT molecular complexity index is 1120. The summed E-state index contributed by atoms with van der Waals surface area (Å²) in [5.41, 5.74) is 1.64. The summed E-state index contributed by atoms with van der Waals surface area (Å²) < 4.78 is 6.85. The molecule has 1 atom stereocenters. The number of fused-ring (bicyclic) bond motifs is 1. The first-order valence-corrected chi connectivity index (χ1v) is 9.55. The van der Waals surface area contributed by atoms with Crippen LogP contribution in [0.15, 0.2) is 54.6 Å². The second-order valence-corrected chi connectivity index (χ2v) is 7.02. The molecule has 0 spiro atoms. The highest BCUT2D eigenvalue weighted by atomic mass is 35.5. The molecule has 3 aromatic rings. The van der Waals surface area contributed by atoms with Crippen molar-refractivity contribution < 1.29 is 14.3 Å². The van der Waals surface area contributed by atoms with E-state index in [-0.39, 0.29) is 30.3 Å². The van der Waals surface area contributed by atoms with Crippen molar-refractivity contribution in [3.05, 3.63) is 70.8 Å². The summed E-state index contributed by atoms with van der Waals surface area (Å²) >= 11 is 5.96. The van der Waals surface area contributed by atoms with Crippen molar-refractivity contribution in [2.24, 2.45) is 0 Å². The molecule has 0 saturated carbocycles. The van der Waals surface area contributed by atoms with Gasteiger partial charge < -0.3 is 4.74 Å². The summed E-state index contributed by atoms with van der Waals surface area (Å²) in [5, 5.41) is 10.3. The van der Waals surface area contributed by atoms with Crippen molar-refractivity contribution in [2.45, 2.75) is 12.5 Å². The number of methoxy groups -OCH3 is 1. The third kappa shape index (κ3) is 4.18. The van der Waals surface area contributed by atoms with E-state index in [4.69, 9.17) is 16.3 Å². The highest BCUT2D eigenvalue weighted by molar-refractivity contribution is 6.30. The lowest BCUT2D eigenvalue weighted by Gasteiger charge is -2.23. The number of amides is 2. The molecule has 0 unspecified atom stereocenters. The lowest BCUT2D eigenvalue weighted by atomic mass is 10.0. The SMILES string of the molecule is COc1ccccc1/C=C/C(=O)Nc1nc2n(n1)[C@@H](c1ccc(Cl)cc1)CC(=O)N2. The fraction of sp³-hybridized carbons (Fsp3) is 0.143. The van der Waals surface area contributed by atoms with Crippen molar-refractivity contribution in [1.29, 1.82) is 0 Å². The molecule has 2 heterocycles. The smallest absolute Gasteiger partial charge is 0.250 e. The van der Waals surface area contributed by atoms with Gasteiger partial charge in [-0.05, 0) is 29.8 Å². The maximum Gasteiger partial charge on any atom is 0.250 e. The van der Waals surface area contributed by atoms with E-state index in [1.54, 1.807) is 30.0 Å². The fourth-order valence-corrected chi connectivity index (χ4v) is 3.31. The van der Waals surface area contributed by atoms with Gasteiger partial charge >= 0.3 is 0 Å². The van der Waals surface area contributed by atoms with Gasteiger partial charge in [0.25, 0.3) is 11.9 Å². The number of nitrogens with zero attached hydrogens (tertiary/aromatic N) is 3. The summed E-state index contributed by atoms with van der Waals surface area (Å²) in [6, 6.07) is 14.2. The molecule has 0 bridgehead atoms. The van der Waals surface area contributed by atoms with Crippen LogP contribution in [0, 0.1) is 0 Å². The summed E-state index contributed by atoms with van der Waals surface area (Å²) in [7, 11) is 1.57. The molecule has 152 valence electrons. The third-order valence-electron chi connectivity index (χ3n) is 4.60. The summed E-state index contributed by atoms with van der Waals surface area (Å²) in [6.07, 6.45) is 3.22. The Balaban J connectivity index is 1.53. The number of anilines is 2. The number of carbonyl (C=O) groups is 2. The van der Waals surface area contributed by atoms with Crippen LogP contribution in [-0.2, 0) is 9.59 Å². The van der Waals surface area contributed by atoms with Gasteiger partial charge in [-0.25, -0.2) is 4.68 Å². The Morgan fingerprint density at radius 2 is 2.03 bits per heavy atom. The van der Waals surface area contributed by atoms with Gasteiger partial charge in [0, 0.05) is 16.7 Å². The first-order valence-electron chi connectivity index (χ1n) is 9.17. The van der Waals surface area contributed by atoms with Gasteiger partial charge in [0.15, 0.2) is 0 Å². The second-order valence-electron chi connectivity index (χ2n) is 6.59. The number of benzene rings is 2. The molecule has 2 aromatic carbocycles. The number of carbonyl (C=O) groups excluding carboxylic acids is 2. The number of halogens is 1. The molecule has 0 aliphatic carbocycles. The van der Waals surface area contributed by atoms with E-state index in [9.17, 15) is 9.59 Å². The van der Waals surface area contributed by atoms with Crippen LogP contribution >= 0.6 is 11.6 Å². The number of hydrogen-bond donors (Lipinski definition) is 2. The van der Waals surface area contributed by atoms with Gasteiger partial charge in [-0.1, -0.05) is 41.9 Å². The van der Waals surface area contributed by atoms with Crippen molar-refractivity contribution >= 4 is 41.4 Å². The average molecular weight is 424 g/mol. The molecule has 2 N–H and O–H groups in total. The molecule has 0 fully saturated rings. The number of para-hydroxylation sites is 1. The van der Waals surface area contributed by atoms with Crippen LogP contribution < -0.4 is 15.4 Å². The molecule has 30 heavy (non-hydrogen) atoms. The van der Waals surface area contributed by atoms with Gasteiger partial charge in [0.2, 0.25) is 11.9 Å². The lowest BCUT2D eigenvalue weighted by Crippen LogP contribution is -2.29. The zero-order valence-corrected chi connectivity index (χ0v) is 16.8. The molecule has 0 radical (unpaired) electrons. The Kier molecular flexibility index (Phi) is 5.49. The van der Waals surface area contributed by atoms with E-state index < -0.39 is 5.91 Å². The van der Waals surface area contributed by atoms with E-state index in [0.29, 0.717) is 10.8 Å². The van der Waals surface area contributed by atoms with Crippen molar-refractivity contribution in [3.8, 4) is 5.75 Å². The standard InChI is InChI=1S/C21H18ClN5O3/c1-30-17-5-3-2-4-14(17)8-11-18(28)23-20-25-21-24-19(29)12-16(27(21)26-20)13-6-9-15(22)10-7-13/h2-11,16H,12H2,1H3,(H2,23,24,25,26,28,29)/b11-8+/t16-/m1/s1. The predicted molar refractivity (Wildman–Crippen MR) is 114 cm³/mol. The molecule has 1 aliphatic rings. The number of aromatic nitrogens is 3. The average Bonchev–Trinajstić information content (AvgIpc) is 3.14. The van der Waals surface area contributed by atoms with E-state index in [2.05, 4.69) is 20.7 Å². The summed E-state index contributed by atoms with van der Waals surface area (Å²) in [6.45, 7) is 0.